The number of anilines is 2. The topological polar surface area (TPSA) is 75.7 Å². The van der Waals surface area contributed by atoms with Gasteiger partial charge in [0.05, 0.1) is 5.92 Å². The molecule has 0 bridgehead atoms. The molecule has 1 saturated heterocycles. The summed E-state index contributed by atoms with van der Waals surface area (Å²) in [6.07, 6.45) is -0.00434. The second kappa shape index (κ2) is 7.99. The number of aryl methyl sites for hydroxylation is 1. The number of carbonyl (C=O) groups excluding carboxylic acids is 3. The molecule has 1 fully saturated rings. The number of rotatable bonds is 5. The Labute approximate surface area is 155 Å². The van der Waals surface area contributed by atoms with E-state index in [1.54, 1.807) is 12.1 Å². The maximum atomic E-state index is 13.0. The summed E-state index contributed by atoms with van der Waals surface area (Å²) in [4.78, 5) is 37.7. The second-order valence-electron chi connectivity index (χ2n) is 6.35. The first-order chi connectivity index (χ1) is 12.9. The third kappa shape index (κ3) is 4.49. The highest BCUT2D eigenvalue weighted by molar-refractivity contribution is 6.00. The molecule has 2 amide bonds. The van der Waals surface area contributed by atoms with E-state index in [0.29, 0.717) is 11.4 Å². The first kappa shape index (κ1) is 18.6. The Morgan fingerprint density at radius 2 is 1.89 bits per heavy atom. The van der Waals surface area contributed by atoms with E-state index >= 15 is 0 Å². The first-order valence-electron chi connectivity index (χ1n) is 8.52. The van der Waals surface area contributed by atoms with Crippen LogP contribution in [0.4, 0.5) is 15.8 Å². The van der Waals surface area contributed by atoms with Gasteiger partial charge in [-0.25, -0.2) is 4.39 Å². The fourth-order valence-electron chi connectivity index (χ4n) is 2.89. The Kier molecular flexibility index (Phi) is 5.49. The van der Waals surface area contributed by atoms with Crippen LogP contribution >= 0.6 is 0 Å². The van der Waals surface area contributed by atoms with E-state index in [4.69, 9.17) is 4.74 Å². The highest BCUT2D eigenvalue weighted by atomic mass is 19.1. The van der Waals surface area contributed by atoms with E-state index in [-0.39, 0.29) is 18.9 Å². The fraction of sp³-hybridized carbons (Fsp3) is 0.250. The number of nitrogens with zero attached hydrogens (tertiary/aromatic N) is 1. The van der Waals surface area contributed by atoms with Gasteiger partial charge in [-0.15, -0.1) is 0 Å². The lowest BCUT2D eigenvalue weighted by atomic mass is 10.1. The summed E-state index contributed by atoms with van der Waals surface area (Å²) >= 11 is 0. The standard InChI is InChI=1S/C20H19FN2O4/c1-13-4-2-3-5-17(13)22-18(24)12-27-20(26)14-10-19(25)23(11-14)16-8-6-15(21)7-9-16/h2-9,14H,10-12H2,1H3,(H,22,24)/t14-/m0/s1. The smallest absolute Gasteiger partial charge is 0.311 e. The zero-order valence-corrected chi connectivity index (χ0v) is 14.8. The molecule has 0 spiro atoms. The van der Waals surface area contributed by atoms with Crippen molar-refractivity contribution in [2.75, 3.05) is 23.4 Å². The predicted octanol–water partition coefficient (Wildman–Crippen LogP) is 2.67. The third-order valence-electron chi connectivity index (χ3n) is 4.36. The molecule has 0 saturated carbocycles. The average molecular weight is 370 g/mol. The molecule has 1 aliphatic heterocycles. The van der Waals surface area contributed by atoms with Gasteiger partial charge in [0.15, 0.2) is 6.61 Å². The van der Waals surface area contributed by atoms with Gasteiger partial charge in [-0.05, 0) is 42.8 Å². The van der Waals surface area contributed by atoms with Crippen molar-refractivity contribution >= 4 is 29.2 Å². The van der Waals surface area contributed by atoms with Crippen molar-refractivity contribution in [3.8, 4) is 0 Å². The Bertz CT molecular complexity index is 867. The molecule has 1 N–H and O–H groups in total. The minimum atomic E-state index is -0.659. The van der Waals surface area contributed by atoms with Crippen LogP contribution in [0, 0.1) is 18.7 Å². The zero-order valence-electron chi connectivity index (χ0n) is 14.8. The molecule has 3 rings (SSSR count). The molecule has 0 aliphatic carbocycles. The van der Waals surface area contributed by atoms with Crippen molar-refractivity contribution in [3.63, 3.8) is 0 Å². The average Bonchev–Trinajstić information content (AvgIpc) is 3.04. The maximum absolute atomic E-state index is 13.0. The van der Waals surface area contributed by atoms with E-state index in [1.807, 2.05) is 19.1 Å². The first-order valence-corrected chi connectivity index (χ1v) is 8.52. The molecule has 1 heterocycles. The maximum Gasteiger partial charge on any atom is 0.311 e. The number of halogens is 1. The van der Waals surface area contributed by atoms with Crippen LogP contribution in [0.2, 0.25) is 0 Å². The normalized spacial score (nSPS) is 16.3. The lowest BCUT2D eigenvalue weighted by Gasteiger charge is -2.16. The van der Waals surface area contributed by atoms with E-state index in [9.17, 15) is 18.8 Å². The molecular formula is C20H19FN2O4. The number of para-hydroxylation sites is 1. The molecule has 6 nitrogen and oxygen atoms in total. The molecular weight excluding hydrogens is 351 g/mol. The number of benzene rings is 2. The summed E-state index contributed by atoms with van der Waals surface area (Å²) < 4.78 is 18.1. The van der Waals surface area contributed by atoms with E-state index in [0.717, 1.165) is 5.56 Å². The molecule has 27 heavy (non-hydrogen) atoms. The predicted molar refractivity (Wildman–Crippen MR) is 97.6 cm³/mol. The van der Waals surface area contributed by atoms with E-state index in [2.05, 4.69) is 5.32 Å². The summed E-state index contributed by atoms with van der Waals surface area (Å²) in [5, 5.41) is 2.68. The van der Waals surface area contributed by atoms with Crippen LogP contribution in [0.3, 0.4) is 0 Å². The van der Waals surface area contributed by atoms with Gasteiger partial charge in [-0.3, -0.25) is 14.4 Å². The van der Waals surface area contributed by atoms with Crippen LogP contribution in [-0.2, 0) is 19.1 Å². The van der Waals surface area contributed by atoms with Crippen LogP contribution in [0.25, 0.3) is 0 Å². The van der Waals surface area contributed by atoms with Crippen molar-refractivity contribution in [3.05, 3.63) is 59.9 Å². The number of esters is 1. The van der Waals surface area contributed by atoms with Crippen molar-refractivity contribution in [1.82, 2.24) is 0 Å². The summed E-state index contributed by atoms with van der Waals surface area (Å²) in [6, 6.07) is 12.7. The number of nitrogens with one attached hydrogen (secondary N) is 1. The molecule has 2 aromatic rings. The minimum Gasteiger partial charge on any atom is -0.455 e. The minimum absolute atomic E-state index is 0.00434. The fourth-order valence-corrected chi connectivity index (χ4v) is 2.89. The Morgan fingerprint density at radius 1 is 1.19 bits per heavy atom. The molecule has 140 valence electrons. The Balaban J connectivity index is 1.53. The van der Waals surface area contributed by atoms with Crippen LogP contribution in [0.1, 0.15) is 12.0 Å². The number of ether oxygens (including phenoxy) is 1. The lowest BCUT2D eigenvalue weighted by molar-refractivity contribution is -0.151. The van der Waals surface area contributed by atoms with Crippen LogP contribution in [0.15, 0.2) is 48.5 Å². The third-order valence-corrected chi connectivity index (χ3v) is 4.36. The molecule has 1 aliphatic rings. The van der Waals surface area contributed by atoms with Gasteiger partial charge >= 0.3 is 5.97 Å². The van der Waals surface area contributed by atoms with Crippen LogP contribution in [0.5, 0.6) is 0 Å². The number of hydrogen-bond acceptors (Lipinski definition) is 4. The SMILES string of the molecule is Cc1ccccc1NC(=O)COC(=O)[C@H]1CC(=O)N(c2ccc(F)cc2)C1. The van der Waals surface area contributed by atoms with Gasteiger partial charge in [-0.2, -0.15) is 0 Å². The zero-order chi connectivity index (χ0) is 19.4. The van der Waals surface area contributed by atoms with Crippen molar-refractivity contribution in [2.24, 2.45) is 5.92 Å². The number of amides is 2. The molecule has 0 radical (unpaired) electrons. The van der Waals surface area contributed by atoms with Gasteiger partial charge in [0.1, 0.15) is 5.82 Å². The summed E-state index contributed by atoms with van der Waals surface area (Å²) in [5.41, 5.74) is 2.07. The quantitative estimate of drug-likeness (QED) is 0.821. The Morgan fingerprint density at radius 3 is 2.59 bits per heavy atom. The van der Waals surface area contributed by atoms with Gasteiger partial charge in [0, 0.05) is 24.3 Å². The van der Waals surface area contributed by atoms with Gasteiger partial charge in [0.25, 0.3) is 5.91 Å². The highest BCUT2D eigenvalue weighted by Crippen LogP contribution is 2.26. The summed E-state index contributed by atoms with van der Waals surface area (Å²) in [5.74, 6) is -2.35. The molecule has 2 aromatic carbocycles. The van der Waals surface area contributed by atoms with Gasteiger partial charge < -0.3 is 15.0 Å². The van der Waals surface area contributed by atoms with Crippen molar-refractivity contribution < 1.29 is 23.5 Å². The van der Waals surface area contributed by atoms with Crippen LogP contribution in [-0.4, -0.2) is 30.9 Å². The lowest BCUT2D eigenvalue weighted by Crippen LogP contribution is -2.28. The van der Waals surface area contributed by atoms with Crippen LogP contribution < -0.4 is 10.2 Å². The summed E-state index contributed by atoms with van der Waals surface area (Å²) in [7, 11) is 0. The largest absolute Gasteiger partial charge is 0.455 e. The van der Waals surface area contributed by atoms with Crippen molar-refractivity contribution in [1.29, 1.82) is 0 Å². The Hall–Kier alpha value is -3.22. The number of hydrogen-bond donors (Lipinski definition) is 1. The molecule has 7 heteroatoms. The van der Waals surface area contributed by atoms with E-state index < -0.39 is 30.2 Å². The van der Waals surface area contributed by atoms with Gasteiger partial charge in [-0.1, -0.05) is 18.2 Å². The molecule has 0 unspecified atom stereocenters. The van der Waals surface area contributed by atoms with E-state index in [1.165, 1.54) is 29.2 Å². The highest BCUT2D eigenvalue weighted by Gasteiger charge is 2.36. The van der Waals surface area contributed by atoms with Gasteiger partial charge in [0.2, 0.25) is 5.91 Å². The number of carbonyl (C=O) groups is 3. The monoisotopic (exact) mass is 370 g/mol. The second-order valence-corrected chi connectivity index (χ2v) is 6.35. The van der Waals surface area contributed by atoms with Crippen molar-refractivity contribution in [2.45, 2.75) is 13.3 Å². The molecule has 1 atom stereocenters. The molecule has 0 aromatic heterocycles. The summed E-state index contributed by atoms with van der Waals surface area (Å²) in [6.45, 7) is 1.58.